The Labute approximate surface area is 224 Å². The van der Waals surface area contributed by atoms with E-state index in [-0.39, 0.29) is 48.8 Å². The monoisotopic (exact) mass is 544 g/mol. The maximum atomic E-state index is 13.2. The van der Waals surface area contributed by atoms with E-state index >= 15 is 0 Å². The maximum absolute atomic E-state index is 13.2. The second-order valence-corrected chi connectivity index (χ2v) is 11.5. The lowest BCUT2D eigenvalue weighted by Gasteiger charge is -2.32. The number of amides is 1. The molecule has 0 bridgehead atoms. The van der Waals surface area contributed by atoms with Crippen LogP contribution in [0, 0.1) is 11.8 Å². The number of methoxy groups -OCH3 is 1. The quantitative estimate of drug-likeness (QED) is 0.418. The fourth-order valence-corrected chi connectivity index (χ4v) is 6.43. The van der Waals surface area contributed by atoms with Crippen LogP contribution in [0.1, 0.15) is 32.1 Å². The number of para-hydroxylation sites is 1. The molecule has 2 atom stereocenters. The fourth-order valence-electron chi connectivity index (χ4n) is 5.02. The molecule has 0 saturated heterocycles. The first-order chi connectivity index (χ1) is 18.4. The number of rotatable bonds is 12. The zero-order chi connectivity index (χ0) is 27.0. The Balaban J connectivity index is 1.41. The van der Waals surface area contributed by atoms with Gasteiger partial charge in [-0.3, -0.25) is 4.79 Å². The van der Waals surface area contributed by atoms with Gasteiger partial charge in [-0.05, 0) is 67.2 Å². The summed E-state index contributed by atoms with van der Waals surface area (Å²) in [4.78, 5) is 13.1. The Morgan fingerprint density at radius 2 is 1.79 bits per heavy atom. The van der Waals surface area contributed by atoms with Gasteiger partial charge in [0.15, 0.2) is 5.76 Å². The van der Waals surface area contributed by atoms with Gasteiger partial charge in [0, 0.05) is 25.2 Å². The molecule has 1 amide bonds. The van der Waals surface area contributed by atoms with Crippen molar-refractivity contribution in [1.82, 2.24) is 4.31 Å². The van der Waals surface area contributed by atoms with Crippen molar-refractivity contribution < 1.29 is 32.5 Å². The second kappa shape index (κ2) is 13.2. The molecule has 1 aliphatic heterocycles. The molecule has 0 unspecified atom stereocenters. The molecular weight excluding hydrogens is 508 g/mol. The van der Waals surface area contributed by atoms with Gasteiger partial charge in [0.1, 0.15) is 5.75 Å². The molecule has 1 aliphatic carbocycles. The number of carbonyl (C=O) groups excluding carboxylic acids is 1. The van der Waals surface area contributed by atoms with E-state index in [1.54, 1.807) is 12.1 Å². The number of aliphatic hydroxyl groups excluding tert-OH is 1. The lowest BCUT2D eigenvalue weighted by atomic mass is 9.86. The van der Waals surface area contributed by atoms with Gasteiger partial charge in [-0.15, -0.1) is 0 Å². The number of nitrogens with zero attached hydrogens (tertiary/aromatic N) is 1. The van der Waals surface area contributed by atoms with Crippen LogP contribution in [0.5, 0.6) is 5.75 Å². The molecule has 0 aromatic heterocycles. The molecule has 0 radical (unpaired) electrons. The van der Waals surface area contributed by atoms with Gasteiger partial charge < -0.3 is 24.6 Å². The van der Waals surface area contributed by atoms with Crippen molar-refractivity contribution in [1.29, 1.82) is 0 Å². The number of benzene rings is 2. The van der Waals surface area contributed by atoms with Crippen LogP contribution in [0.15, 0.2) is 71.3 Å². The highest BCUT2D eigenvalue weighted by atomic mass is 32.2. The van der Waals surface area contributed by atoms with Gasteiger partial charge in [-0.25, -0.2) is 8.42 Å². The van der Waals surface area contributed by atoms with Crippen LogP contribution in [-0.4, -0.2) is 63.4 Å². The van der Waals surface area contributed by atoms with Gasteiger partial charge in [0.05, 0.1) is 25.2 Å². The van der Waals surface area contributed by atoms with Crippen molar-refractivity contribution in [3.8, 4) is 5.75 Å². The number of sulfonamides is 1. The van der Waals surface area contributed by atoms with Crippen molar-refractivity contribution in [3.05, 3.63) is 66.4 Å². The van der Waals surface area contributed by atoms with Crippen molar-refractivity contribution in [2.75, 3.05) is 38.7 Å². The SMILES string of the molecule is COc1ccc(S(=O)(=O)N(CCO)CCO[C@@H]2C[C@H](C3CCCC3)C=C(C(=O)Nc3ccccc3)O2)cc1. The summed E-state index contributed by atoms with van der Waals surface area (Å²) in [6.45, 7) is -0.326. The smallest absolute Gasteiger partial charge is 0.290 e. The van der Waals surface area contributed by atoms with E-state index in [1.807, 2.05) is 36.4 Å². The maximum Gasteiger partial charge on any atom is 0.290 e. The molecule has 2 aromatic carbocycles. The summed E-state index contributed by atoms with van der Waals surface area (Å²) in [5.74, 6) is 1.04. The van der Waals surface area contributed by atoms with Crippen molar-refractivity contribution in [2.24, 2.45) is 11.8 Å². The molecule has 206 valence electrons. The Hall–Kier alpha value is -2.92. The summed E-state index contributed by atoms with van der Waals surface area (Å²) in [5, 5.41) is 12.4. The zero-order valence-corrected chi connectivity index (χ0v) is 22.4. The topological polar surface area (TPSA) is 114 Å². The molecular formula is C28H36N2O7S. The number of carbonyl (C=O) groups is 1. The van der Waals surface area contributed by atoms with Gasteiger partial charge in [0.25, 0.3) is 5.91 Å². The summed E-state index contributed by atoms with van der Waals surface area (Å²) in [6.07, 6.45) is 6.39. The normalized spacial score (nSPS) is 20.1. The molecule has 4 rings (SSSR count). The van der Waals surface area contributed by atoms with Crippen LogP contribution in [0.2, 0.25) is 0 Å². The summed E-state index contributed by atoms with van der Waals surface area (Å²) < 4.78 is 44.6. The number of hydrogen-bond acceptors (Lipinski definition) is 7. The highest BCUT2D eigenvalue weighted by molar-refractivity contribution is 7.89. The molecule has 2 aliphatic rings. The standard InChI is InChI=1S/C28H36N2O7S/c1-35-24-11-13-25(14-12-24)38(33,34)30(15-17-31)16-18-36-27-20-22(21-7-5-6-8-21)19-26(37-27)28(32)29-23-9-3-2-4-10-23/h2-4,9-14,19,21-22,27,31H,5-8,15-18,20H2,1H3,(H,29,32)/t22-,27+/m1/s1. The summed E-state index contributed by atoms with van der Waals surface area (Å²) in [7, 11) is -2.34. The third kappa shape index (κ3) is 7.13. The fraction of sp³-hybridized carbons (Fsp3) is 0.464. The second-order valence-electron chi connectivity index (χ2n) is 9.52. The third-order valence-electron chi connectivity index (χ3n) is 7.04. The van der Waals surface area contributed by atoms with Gasteiger partial charge >= 0.3 is 0 Å². The van der Waals surface area contributed by atoms with Crippen molar-refractivity contribution in [3.63, 3.8) is 0 Å². The van der Waals surface area contributed by atoms with Crippen LogP contribution < -0.4 is 10.1 Å². The lowest BCUT2D eigenvalue weighted by molar-refractivity contribution is -0.148. The Kier molecular flexibility index (Phi) is 9.79. The average Bonchev–Trinajstić information content (AvgIpc) is 3.48. The number of ether oxygens (including phenoxy) is 3. The molecule has 1 fully saturated rings. The summed E-state index contributed by atoms with van der Waals surface area (Å²) >= 11 is 0. The van der Waals surface area contributed by atoms with E-state index in [2.05, 4.69) is 5.32 Å². The third-order valence-corrected chi connectivity index (χ3v) is 8.95. The number of hydrogen-bond donors (Lipinski definition) is 2. The zero-order valence-electron chi connectivity index (χ0n) is 21.6. The highest BCUT2D eigenvalue weighted by Gasteiger charge is 2.34. The van der Waals surface area contributed by atoms with E-state index in [9.17, 15) is 18.3 Å². The van der Waals surface area contributed by atoms with Crippen LogP contribution in [0.3, 0.4) is 0 Å². The van der Waals surface area contributed by atoms with Crippen LogP contribution >= 0.6 is 0 Å². The Morgan fingerprint density at radius 3 is 2.45 bits per heavy atom. The number of anilines is 1. The van der Waals surface area contributed by atoms with Crippen LogP contribution in [0.4, 0.5) is 5.69 Å². The van der Waals surface area contributed by atoms with Crippen LogP contribution in [-0.2, 0) is 24.3 Å². The number of nitrogens with one attached hydrogen (secondary N) is 1. The number of allylic oxidation sites excluding steroid dienone is 1. The minimum atomic E-state index is -3.85. The van der Waals surface area contributed by atoms with E-state index < -0.39 is 16.3 Å². The van der Waals surface area contributed by atoms with Crippen molar-refractivity contribution >= 4 is 21.6 Å². The van der Waals surface area contributed by atoms with E-state index in [0.717, 1.165) is 12.8 Å². The molecule has 0 spiro atoms. The average molecular weight is 545 g/mol. The molecule has 9 nitrogen and oxygen atoms in total. The van der Waals surface area contributed by atoms with Gasteiger partial charge in [0.2, 0.25) is 16.3 Å². The van der Waals surface area contributed by atoms with Crippen LogP contribution in [0.25, 0.3) is 0 Å². The first-order valence-corrected chi connectivity index (χ1v) is 14.5. The van der Waals surface area contributed by atoms with E-state index in [0.29, 0.717) is 23.8 Å². The van der Waals surface area contributed by atoms with Gasteiger partial charge in [-0.2, -0.15) is 4.31 Å². The molecule has 2 aromatic rings. The molecule has 2 N–H and O–H groups in total. The first-order valence-electron chi connectivity index (χ1n) is 13.0. The predicted octanol–water partition coefficient (Wildman–Crippen LogP) is 3.77. The number of aliphatic hydroxyl groups is 1. The summed E-state index contributed by atoms with van der Waals surface area (Å²) in [6, 6.07) is 15.3. The molecule has 38 heavy (non-hydrogen) atoms. The molecule has 1 heterocycles. The Bertz CT molecular complexity index is 1180. The minimum absolute atomic E-state index is 0.0259. The highest BCUT2D eigenvalue weighted by Crippen LogP contribution is 2.38. The first kappa shape index (κ1) is 28.1. The molecule has 1 saturated carbocycles. The van der Waals surface area contributed by atoms with Crippen molar-refractivity contribution in [2.45, 2.75) is 43.3 Å². The predicted molar refractivity (Wildman–Crippen MR) is 143 cm³/mol. The summed E-state index contributed by atoms with van der Waals surface area (Å²) in [5.41, 5.74) is 0.672. The van der Waals surface area contributed by atoms with Gasteiger partial charge in [-0.1, -0.05) is 31.0 Å². The minimum Gasteiger partial charge on any atom is -0.497 e. The van der Waals surface area contributed by atoms with E-state index in [1.165, 1.54) is 36.4 Å². The van der Waals surface area contributed by atoms with E-state index in [4.69, 9.17) is 14.2 Å². The Morgan fingerprint density at radius 1 is 1.08 bits per heavy atom. The molecule has 10 heteroatoms. The lowest BCUT2D eigenvalue weighted by Crippen LogP contribution is -2.38. The largest absolute Gasteiger partial charge is 0.497 e.